The molecule has 36 heavy (non-hydrogen) atoms. The van der Waals surface area contributed by atoms with Crippen LogP contribution in [0.1, 0.15) is 34.4 Å². The number of carbonyl (C=O) groups is 2. The molecular weight excluding hydrogens is 511 g/mol. The molecule has 3 aromatic rings. The number of thiocarbonyl (C=S) groups is 1. The van der Waals surface area contributed by atoms with Crippen molar-refractivity contribution < 1.29 is 14.3 Å². The molecule has 6 nitrogen and oxygen atoms in total. The number of fused-ring (bicyclic) bond motifs is 1. The minimum absolute atomic E-state index is 0.153. The second-order valence-electron chi connectivity index (χ2n) is 8.29. The highest BCUT2D eigenvalue weighted by molar-refractivity contribution is 8.27. The molecule has 1 aromatic heterocycles. The average molecular weight is 532 g/mol. The highest BCUT2D eigenvalue weighted by Gasteiger charge is 2.33. The largest absolute Gasteiger partial charge is 0.484 e. The third-order valence-electron chi connectivity index (χ3n) is 5.89. The van der Waals surface area contributed by atoms with Crippen LogP contribution in [-0.2, 0) is 22.4 Å². The summed E-state index contributed by atoms with van der Waals surface area (Å²) in [5, 5.41) is 13.0. The highest BCUT2D eigenvalue weighted by atomic mass is 32.2. The molecule has 0 saturated carbocycles. The van der Waals surface area contributed by atoms with Crippen molar-refractivity contribution in [3.8, 4) is 11.8 Å². The third kappa shape index (κ3) is 5.07. The van der Waals surface area contributed by atoms with Crippen molar-refractivity contribution in [3.05, 3.63) is 81.1 Å². The fraction of sp³-hybridized carbons (Fsp3) is 0.185. The number of nitrogens with one attached hydrogen (secondary N) is 1. The van der Waals surface area contributed by atoms with E-state index in [1.165, 1.54) is 32.9 Å². The Morgan fingerprint density at radius 1 is 1.14 bits per heavy atom. The van der Waals surface area contributed by atoms with Gasteiger partial charge in [-0.25, -0.2) is 0 Å². The van der Waals surface area contributed by atoms with Gasteiger partial charge in [-0.3, -0.25) is 14.5 Å². The molecular formula is C27H21N3O3S3. The van der Waals surface area contributed by atoms with Gasteiger partial charge in [0.25, 0.3) is 11.8 Å². The third-order valence-corrected chi connectivity index (χ3v) is 8.40. The van der Waals surface area contributed by atoms with Crippen molar-refractivity contribution in [2.75, 3.05) is 16.8 Å². The fourth-order valence-corrected chi connectivity index (χ4v) is 6.72. The van der Waals surface area contributed by atoms with E-state index in [-0.39, 0.29) is 18.4 Å². The van der Waals surface area contributed by atoms with Crippen LogP contribution in [0.2, 0.25) is 0 Å². The van der Waals surface area contributed by atoms with Crippen LogP contribution < -0.4 is 15.0 Å². The minimum Gasteiger partial charge on any atom is -0.484 e. The topological polar surface area (TPSA) is 82.4 Å². The van der Waals surface area contributed by atoms with Crippen LogP contribution in [0.3, 0.4) is 0 Å². The standard InChI is InChI=1S/C27H21N3O3S3/c28-15-21-20-8-4-5-9-22(20)35-25(21)29-24(31)16-33-19-12-10-17(11-13-19)14-23-26(32)30(27(34)36-23)18-6-2-1-3-7-18/h1-3,6-7,10-14H,4-5,8-9,16H2,(H,29,31)/b23-14-. The lowest BCUT2D eigenvalue weighted by molar-refractivity contribution is -0.118. The maximum atomic E-state index is 12.9. The van der Waals surface area contributed by atoms with Crippen molar-refractivity contribution in [2.24, 2.45) is 0 Å². The van der Waals surface area contributed by atoms with Gasteiger partial charge in [0, 0.05) is 4.88 Å². The fourth-order valence-electron chi connectivity index (χ4n) is 4.16. The van der Waals surface area contributed by atoms with Crippen LogP contribution in [-0.4, -0.2) is 22.7 Å². The number of amides is 2. The number of hydrogen-bond acceptors (Lipinski definition) is 7. The molecule has 9 heteroatoms. The molecule has 5 rings (SSSR count). The Morgan fingerprint density at radius 2 is 1.89 bits per heavy atom. The summed E-state index contributed by atoms with van der Waals surface area (Å²) in [6, 6.07) is 18.7. The molecule has 2 aromatic carbocycles. The molecule has 180 valence electrons. The molecule has 1 fully saturated rings. The van der Waals surface area contributed by atoms with E-state index in [1.54, 1.807) is 18.2 Å². The van der Waals surface area contributed by atoms with Gasteiger partial charge in [0.2, 0.25) is 0 Å². The van der Waals surface area contributed by atoms with E-state index >= 15 is 0 Å². The van der Waals surface area contributed by atoms with Gasteiger partial charge in [0.05, 0.1) is 16.2 Å². The Balaban J connectivity index is 1.20. The minimum atomic E-state index is -0.307. The van der Waals surface area contributed by atoms with E-state index in [2.05, 4.69) is 11.4 Å². The van der Waals surface area contributed by atoms with Gasteiger partial charge in [0.1, 0.15) is 16.8 Å². The summed E-state index contributed by atoms with van der Waals surface area (Å²) in [6.45, 7) is -0.164. The Labute approximate surface area is 222 Å². The summed E-state index contributed by atoms with van der Waals surface area (Å²) < 4.78 is 6.14. The Kier molecular flexibility index (Phi) is 7.18. The summed E-state index contributed by atoms with van der Waals surface area (Å²) in [5.41, 5.74) is 3.24. The molecule has 0 spiro atoms. The molecule has 1 aliphatic carbocycles. The normalized spacial score (nSPS) is 16.1. The molecule has 1 aliphatic heterocycles. The summed E-state index contributed by atoms with van der Waals surface area (Å²) in [6.07, 6.45) is 5.84. The quantitative estimate of drug-likeness (QED) is 0.314. The zero-order valence-electron chi connectivity index (χ0n) is 19.2. The zero-order valence-corrected chi connectivity index (χ0v) is 21.6. The van der Waals surface area contributed by atoms with Gasteiger partial charge in [-0.1, -0.05) is 54.3 Å². The lowest BCUT2D eigenvalue weighted by Crippen LogP contribution is -2.27. The van der Waals surface area contributed by atoms with Gasteiger partial charge in [-0.2, -0.15) is 5.26 Å². The number of hydrogen-bond donors (Lipinski definition) is 1. The molecule has 0 radical (unpaired) electrons. The smallest absolute Gasteiger partial charge is 0.270 e. The van der Waals surface area contributed by atoms with Gasteiger partial charge in [-0.05, 0) is 67.2 Å². The number of benzene rings is 2. The Hall–Kier alpha value is -3.45. The average Bonchev–Trinajstić information content (AvgIpc) is 3.39. The van der Waals surface area contributed by atoms with Crippen molar-refractivity contribution in [1.29, 1.82) is 5.26 Å². The summed E-state index contributed by atoms with van der Waals surface area (Å²) in [5.74, 6) is 0.0732. The summed E-state index contributed by atoms with van der Waals surface area (Å²) >= 11 is 8.17. The van der Waals surface area contributed by atoms with Crippen molar-refractivity contribution >= 4 is 68.2 Å². The first-order valence-corrected chi connectivity index (χ1v) is 13.5. The van der Waals surface area contributed by atoms with Crippen molar-refractivity contribution in [1.82, 2.24) is 0 Å². The molecule has 2 amide bonds. The zero-order chi connectivity index (χ0) is 25.1. The second-order valence-corrected chi connectivity index (χ2v) is 11.1. The first kappa shape index (κ1) is 24.3. The number of para-hydroxylation sites is 1. The first-order valence-electron chi connectivity index (χ1n) is 11.4. The van der Waals surface area contributed by atoms with Crippen molar-refractivity contribution in [3.63, 3.8) is 0 Å². The number of nitrogens with zero attached hydrogens (tertiary/aromatic N) is 2. The second kappa shape index (κ2) is 10.7. The van der Waals surface area contributed by atoms with E-state index in [1.807, 2.05) is 42.5 Å². The summed E-state index contributed by atoms with van der Waals surface area (Å²) in [7, 11) is 0. The number of rotatable bonds is 6. The number of aryl methyl sites for hydroxylation is 1. The monoisotopic (exact) mass is 531 g/mol. The number of carbonyl (C=O) groups excluding carboxylic acids is 2. The number of ether oxygens (including phenoxy) is 1. The maximum absolute atomic E-state index is 12.9. The molecule has 2 heterocycles. The van der Waals surface area contributed by atoms with E-state index in [9.17, 15) is 14.9 Å². The Morgan fingerprint density at radius 3 is 2.64 bits per heavy atom. The SMILES string of the molecule is N#Cc1c(NC(=O)COc2ccc(/C=C3\SC(=S)N(c4ccccc4)C3=O)cc2)sc2c1CCCC2. The van der Waals surface area contributed by atoms with E-state index in [0.717, 1.165) is 42.5 Å². The van der Waals surface area contributed by atoms with Crippen LogP contribution in [0.25, 0.3) is 6.08 Å². The van der Waals surface area contributed by atoms with Crippen LogP contribution >= 0.6 is 35.3 Å². The van der Waals surface area contributed by atoms with E-state index in [0.29, 0.717) is 25.5 Å². The van der Waals surface area contributed by atoms with Gasteiger partial charge >= 0.3 is 0 Å². The van der Waals surface area contributed by atoms with Crippen LogP contribution in [0.4, 0.5) is 10.7 Å². The van der Waals surface area contributed by atoms with Gasteiger partial charge in [0.15, 0.2) is 10.9 Å². The molecule has 0 atom stereocenters. The molecule has 0 unspecified atom stereocenters. The van der Waals surface area contributed by atoms with Crippen LogP contribution in [0.5, 0.6) is 5.75 Å². The molecule has 1 saturated heterocycles. The van der Waals surface area contributed by atoms with Crippen LogP contribution in [0.15, 0.2) is 59.5 Å². The lowest BCUT2D eigenvalue weighted by atomic mass is 9.96. The van der Waals surface area contributed by atoms with E-state index in [4.69, 9.17) is 17.0 Å². The number of thioether (sulfide) groups is 1. The number of anilines is 2. The highest BCUT2D eigenvalue weighted by Crippen LogP contribution is 2.38. The van der Waals surface area contributed by atoms with E-state index < -0.39 is 0 Å². The summed E-state index contributed by atoms with van der Waals surface area (Å²) in [4.78, 5) is 28.6. The molecule has 1 N–H and O–H groups in total. The van der Waals surface area contributed by atoms with Crippen LogP contribution in [0, 0.1) is 11.3 Å². The predicted octanol–water partition coefficient (Wildman–Crippen LogP) is 5.92. The van der Waals surface area contributed by atoms with Gasteiger partial charge < -0.3 is 10.1 Å². The van der Waals surface area contributed by atoms with Crippen molar-refractivity contribution in [2.45, 2.75) is 25.7 Å². The Bertz CT molecular complexity index is 1410. The number of nitriles is 1. The number of thiophene rings is 1. The van der Waals surface area contributed by atoms with Gasteiger partial charge in [-0.15, -0.1) is 11.3 Å². The molecule has 0 bridgehead atoms. The maximum Gasteiger partial charge on any atom is 0.270 e. The first-order chi connectivity index (χ1) is 17.5. The predicted molar refractivity (Wildman–Crippen MR) is 148 cm³/mol. The molecule has 2 aliphatic rings. The lowest BCUT2D eigenvalue weighted by Gasteiger charge is -2.13.